The minimum Gasteiger partial charge on any atom is -0.508 e. The largest absolute Gasteiger partial charge is 0.508 e. The number of nitrogens with zero attached hydrogens (tertiary/aromatic N) is 3. The molecule has 84 valence electrons. The van der Waals surface area contributed by atoms with Gasteiger partial charge in [-0.05, 0) is 35.7 Å². The van der Waals surface area contributed by atoms with Crippen molar-refractivity contribution in [3.63, 3.8) is 0 Å². The molecule has 0 aliphatic carbocycles. The van der Waals surface area contributed by atoms with E-state index >= 15 is 0 Å². The first-order chi connectivity index (χ1) is 7.60. The third-order valence-corrected chi connectivity index (χ3v) is 2.16. The van der Waals surface area contributed by atoms with Crippen molar-refractivity contribution in [3.05, 3.63) is 39.3 Å². The van der Waals surface area contributed by atoms with Gasteiger partial charge in [-0.2, -0.15) is 0 Å². The van der Waals surface area contributed by atoms with Crippen molar-refractivity contribution in [1.29, 1.82) is 0 Å². The van der Waals surface area contributed by atoms with E-state index < -0.39 is 0 Å². The van der Waals surface area contributed by atoms with Crippen LogP contribution in [0.4, 0.5) is 0 Å². The number of aryl methyl sites for hydroxylation is 1. The van der Waals surface area contributed by atoms with E-state index in [2.05, 4.69) is 15.3 Å². The van der Waals surface area contributed by atoms with Gasteiger partial charge in [0, 0.05) is 17.5 Å². The zero-order valence-electron chi connectivity index (χ0n) is 9.06. The lowest BCUT2D eigenvalue weighted by atomic mass is 10.0. The molecule has 0 atom stereocenters. The summed E-state index contributed by atoms with van der Waals surface area (Å²) >= 11 is 0. The quantitative estimate of drug-likeness (QED) is 0.461. The zero-order chi connectivity index (χ0) is 12.1. The monoisotopic (exact) mass is 220 g/mol. The lowest BCUT2D eigenvalue weighted by Gasteiger charge is -2.10. The number of benzene rings is 1. The lowest BCUT2D eigenvalue weighted by Crippen LogP contribution is -2.20. The summed E-state index contributed by atoms with van der Waals surface area (Å²) in [4.78, 5) is 14.2. The van der Waals surface area contributed by atoms with Gasteiger partial charge in [-0.15, -0.1) is 0 Å². The normalized spacial score (nSPS) is 9.38. The summed E-state index contributed by atoms with van der Waals surface area (Å²) in [6.07, 6.45) is 0. The van der Waals surface area contributed by atoms with Gasteiger partial charge < -0.3 is 10.4 Å². The van der Waals surface area contributed by atoms with Crippen molar-refractivity contribution in [2.75, 3.05) is 7.05 Å². The van der Waals surface area contributed by atoms with Crippen LogP contribution in [0.5, 0.6) is 5.75 Å². The van der Waals surface area contributed by atoms with Gasteiger partial charge in [-0.1, -0.05) is 5.11 Å². The summed E-state index contributed by atoms with van der Waals surface area (Å²) < 4.78 is 0. The van der Waals surface area contributed by atoms with Crippen molar-refractivity contribution in [2.45, 2.75) is 13.5 Å². The molecule has 0 bridgehead atoms. The van der Waals surface area contributed by atoms with Crippen LogP contribution >= 0.6 is 0 Å². The third-order valence-electron chi connectivity index (χ3n) is 2.16. The fraction of sp³-hybridized carbons (Fsp3) is 0.300. The fourth-order valence-corrected chi connectivity index (χ4v) is 1.52. The summed E-state index contributed by atoms with van der Waals surface area (Å²) in [5, 5.41) is 15.3. The van der Waals surface area contributed by atoms with Crippen molar-refractivity contribution in [2.24, 2.45) is 5.11 Å². The van der Waals surface area contributed by atoms with E-state index in [4.69, 9.17) is 5.53 Å². The molecule has 16 heavy (non-hydrogen) atoms. The van der Waals surface area contributed by atoms with Crippen molar-refractivity contribution in [1.82, 2.24) is 5.32 Å². The number of nitrogens with one attached hydrogen (secondary N) is 1. The standard InChI is InChI=1S/C10H12N4O2/c1-6-3-8(15)4-7(5-13-14-11)9(6)10(16)12-2/h3-4,15H,5H2,1-2H3,(H,12,16). The Hall–Kier alpha value is -2.20. The Morgan fingerprint density at radius 2 is 2.31 bits per heavy atom. The smallest absolute Gasteiger partial charge is 0.251 e. The number of hydrogen-bond acceptors (Lipinski definition) is 3. The van der Waals surface area contributed by atoms with Crippen LogP contribution in [0.25, 0.3) is 10.4 Å². The van der Waals surface area contributed by atoms with Crippen LogP contribution in [-0.4, -0.2) is 18.1 Å². The summed E-state index contributed by atoms with van der Waals surface area (Å²) in [5.74, 6) is -0.214. The highest BCUT2D eigenvalue weighted by Crippen LogP contribution is 2.22. The summed E-state index contributed by atoms with van der Waals surface area (Å²) in [6.45, 7) is 1.75. The van der Waals surface area contributed by atoms with E-state index in [0.717, 1.165) is 0 Å². The van der Waals surface area contributed by atoms with Gasteiger partial charge in [0.25, 0.3) is 5.91 Å². The molecule has 1 aromatic carbocycles. The van der Waals surface area contributed by atoms with Crippen LogP contribution < -0.4 is 5.32 Å². The highest BCUT2D eigenvalue weighted by Gasteiger charge is 2.13. The SMILES string of the molecule is CNC(=O)c1c(C)cc(O)cc1CN=[N+]=[N-]. The Morgan fingerprint density at radius 1 is 1.62 bits per heavy atom. The van der Waals surface area contributed by atoms with E-state index in [1.807, 2.05) is 0 Å². The summed E-state index contributed by atoms with van der Waals surface area (Å²) in [7, 11) is 1.52. The Balaban J connectivity index is 3.31. The molecule has 0 fully saturated rings. The van der Waals surface area contributed by atoms with Crippen LogP contribution in [0.3, 0.4) is 0 Å². The average Bonchev–Trinajstić information content (AvgIpc) is 2.24. The molecule has 1 rings (SSSR count). The first kappa shape index (κ1) is 11.9. The fourth-order valence-electron chi connectivity index (χ4n) is 1.52. The molecular formula is C10H12N4O2. The number of aromatic hydroxyl groups is 1. The minimum atomic E-state index is -0.263. The predicted octanol–water partition coefficient (Wildman–Crippen LogP) is 1.87. The van der Waals surface area contributed by atoms with Gasteiger partial charge in [0.15, 0.2) is 0 Å². The summed E-state index contributed by atoms with van der Waals surface area (Å²) in [6, 6.07) is 2.91. The first-order valence-corrected chi connectivity index (χ1v) is 4.65. The molecule has 0 aromatic heterocycles. The van der Waals surface area contributed by atoms with Crippen molar-refractivity contribution in [3.8, 4) is 5.75 Å². The molecule has 1 amide bonds. The second kappa shape index (κ2) is 5.04. The molecule has 0 unspecified atom stereocenters. The van der Waals surface area contributed by atoms with Crippen molar-refractivity contribution >= 4 is 5.91 Å². The number of phenols is 1. The van der Waals surface area contributed by atoms with Gasteiger partial charge in [0.05, 0.1) is 6.54 Å². The molecule has 0 saturated heterocycles. The number of hydrogen-bond donors (Lipinski definition) is 2. The van der Waals surface area contributed by atoms with Crippen LogP contribution in [0, 0.1) is 6.92 Å². The van der Waals surface area contributed by atoms with Gasteiger partial charge in [0.2, 0.25) is 0 Å². The van der Waals surface area contributed by atoms with E-state index in [1.54, 1.807) is 6.92 Å². The highest BCUT2D eigenvalue weighted by atomic mass is 16.3. The predicted molar refractivity (Wildman–Crippen MR) is 59.1 cm³/mol. The first-order valence-electron chi connectivity index (χ1n) is 4.65. The van der Waals surface area contributed by atoms with Crippen LogP contribution in [0.15, 0.2) is 17.2 Å². The lowest BCUT2D eigenvalue weighted by molar-refractivity contribution is 0.0961. The Morgan fingerprint density at radius 3 is 2.88 bits per heavy atom. The maximum Gasteiger partial charge on any atom is 0.251 e. The molecule has 2 N–H and O–H groups in total. The van der Waals surface area contributed by atoms with Crippen molar-refractivity contribution < 1.29 is 9.90 Å². The number of azide groups is 1. The molecular weight excluding hydrogens is 208 g/mol. The van der Waals surface area contributed by atoms with E-state index in [-0.39, 0.29) is 18.2 Å². The van der Waals surface area contributed by atoms with E-state index in [1.165, 1.54) is 19.2 Å². The third kappa shape index (κ3) is 2.43. The number of carbonyl (C=O) groups excluding carboxylic acids is 1. The second-order valence-electron chi connectivity index (χ2n) is 3.26. The van der Waals surface area contributed by atoms with Gasteiger partial charge in [0.1, 0.15) is 5.75 Å². The van der Waals surface area contributed by atoms with E-state index in [9.17, 15) is 9.90 Å². The summed E-state index contributed by atoms with van der Waals surface area (Å²) in [5.41, 5.74) is 9.84. The molecule has 0 saturated carbocycles. The van der Waals surface area contributed by atoms with Gasteiger partial charge in [-0.25, -0.2) is 0 Å². The molecule has 0 radical (unpaired) electrons. The van der Waals surface area contributed by atoms with E-state index in [0.29, 0.717) is 16.7 Å². The van der Waals surface area contributed by atoms with Gasteiger partial charge >= 0.3 is 0 Å². The second-order valence-corrected chi connectivity index (χ2v) is 3.26. The van der Waals surface area contributed by atoms with Crippen LogP contribution in [0.1, 0.15) is 21.5 Å². The molecule has 0 aliphatic rings. The van der Waals surface area contributed by atoms with Crippen LogP contribution in [0.2, 0.25) is 0 Å². The molecule has 1 aromatic rings. The molecule has 6 nitrogen and oxygen atoms in total. The maximum absolute atomic E-state index is 11.6. The van der Waals surface area contributed by atoms with Crippen LogP contribution in [-0.2, 0) is 6.54 Å². The highest BCUT2D eigenvalue weighted by molar-refractivity contribution is 5.97. The Bertz CT molecular complexity index is 464. The molecule has 0 spiro atoms. The number of carbonyl (C=O) groups is 1. The Kier molecular flexibility index (Phi) is 3.74. The average molecular weight is 220 g/mol. The molecule has 0 aliphatic heterocycles. The minimum absolute atomic E-state index is 0.0362. The number of rotatable bonds is 3. The van der Waals surface area contributed by atoms with Gasteiger partial charge in [-0.3, -0.25) is 4.79 Å². The Labute approximate surface area is 92.5 Å². The maximum atomic E-state index is 11.6. The number of amides is 1. The number of phenolic OH excluding ortho intramolecular Hbond substituents is 1. The molecule has 0 heterocycles. The topological polar surface area (TPSA) is 98.1 Å². The molecule has 6 heteroatoms. The zero-order valence-corrected chi connectivity index (χ0v) is 9.06.